The Balaban J connectivity index is 1.74. The Morgan fingerprint density at radius 3 is 2.75 bits per heavy atom. The summed E-state index contributed by atoms with van der Waals surface area (Å²) >= 11 is 0.961. The van der Waals surface area contributed by atoms with Gasteiger partial charge in [0.05, 0.1) is 22.8 Å². The molecule has 32 heavy (non-hydrogen) atoms. The molecule has 2 aromatic carbocycles. The van der Waals surface area contributed by atoms with Gasteiger partial charge in [0.25, 0.3) is 0 Å². The molecule has 3 N–H and O–H groups in total. The Bertz CT molecular complexity index is 1410. The second-order valence-electron chi connectivity index (χ2n) is 7.32. The summed E-state index contributed by atoms with van der Waals surface area (Å²) in [5, 5.41) is 13.6. The number of nitrogens with one attached hydrogen (secondary N) is 1. The third kappa shape index (κ3) is 3.18. The molecule has 3 heterocycles. The number of halogens is 2. The standard InChI is InChI=1S/C22H17F2N5O2S/c1-30-22-28-18-13(21(29-22)31-10-6-7-27-9-10)3-2-12(17(18)24)11-4-5-15(23)19-16(11)14(8-25)20(26)32-19/h2-5,10,27H,6-7,9,26H2,1H3. The summed E-state index contributed by atoms with van der Waals surface area (Å²) in [5.74, 6) is -0.945. The second kappa shape index (κ2) is 7.85. The fraction of sp³-hybridized carbons (Fsp3) is 0.227. The number of thiophene rings is 1. The number of ether oxygens (including phenoxy) is 2. The van der Waals surface area contributed by atoms with Gasteiger partial charge in [-0.05, 0) is 30.7 Å². The van der Waals surface area contributed by atoms with Gasteiger partial charge in [-0.2, -0.15) is 15.2 Å². The summed E-state index contributed by atoms with van der Waals surface area (Å²) in [6.07, 6.45) is 0.711. The molecule has 1 aliphatic rings. The second-order valence-corrected chi connectivity index (χ2v) is 8.38. The van der Waals surface area contributed by atoms with Crippen LogP contribution in [-0.4, -0.2) is 36.3 Å². The van der Waals surface area contributed by atoms with E-state index in [2.05, 4.69) is 15.3 Å². The average Bonchev–Trinajstić information content (AvgIpc) is 3.42. The minimum atomic E-state index is -0.654. The summed E-state index contributed by atoms with van der Waals surface area (Å²) in [6, 6.07) is 7.85. The maximum absolute atomic E-state index is 15.8. The number of anilines is 1. The van der Waals surface area contributed by atoms with Crippen LogP contribution in [0.25, 0.3) is 32.1 Å². The molecule has 1 unspecified atom stereocenters. The highest BCUT2D eigenvalue weighted by Crippen LogP contribution is 2.42. The molecule has 1 aliphatic heterocycles. The maximum atomic E-state index is 15.8. The molecule has 1 fully saturated rings. The zero-order valence-corrected chi connectivity index (χ0v) is 17.7. The molecule has 0 amide bonds. The highest BCUT2D eigenvalue weighted by molar-refractivity contribution is 7.23. The van der Waals surface area contributed by atoms with Crippen LogP contribution in [-0.2, 0) is 0 Å². The Morgan fingerprint density at radius 2 is 2.03 bits per heavy atom. The van der Waals surface area contributed by atoms with Crippen molar-refractivity contribution in [2.45, 2.75) is 12.5 Å². The summed E-state index contributed by atoms with van der Waals surface area (Å²) in [6.45, 7) is 1.49. The molecule has 7 nitrogen and oxygen atoms in total. The molecule has 1 atom stereocenters. The van der Waals surface area contributed by atoms with E-state index < -0.39 is 11.6 Å². The average molecular weight is 453 g/mol. The van der Waals surface area contributed by atoms with Crippen LogP contribution in [0.4, 0.5) is 13.8 Å². The Morgan fingerprint density at radius 1 is 1.22 bits per heavy atom. The Labute approximate surface area is 185 Å². The third-order valence-corrected chi connectivity index (χ3v) is 6.47. The zero-order chi connectivity index (χ0) is 22.4. The third-order valence-electron chi connectivity index (χ3n) is 5.45. The summed E-state index contributed by atoms with van der Waals surface area (Å²) < 4.78 is 41.6. The molecule has 0 bridgehead atoms. The maximum Gasteiger partial charge on any atom is 0.320 e. The quantitative estimate of drug-likeness (QED) is 0.481. The predicted octanol–water partition coefficient (Wildman–Crippen LogP) is 3.99. The van der Waals surface area contributed by atoms with Gasteiger partial charge in [-0.25, -0.2) is 8.78 Å². The number of methoxy groups -OCH3 is 1. The monoisotopic (exact) mass is 453 g/mol. The number of rotatable bonds is 4. The number of nitrogens with two attached hydrogens (primary N) is 1. The SMILES string of the molecule is COc1nc(OC2CCNC2)c2ccc(-c3ccc(F)c4sc(N)c(C#N)c34)c(F)c2n1. The number of nitrogen functional groups attached to an aromatic ring is 1. The lowest BCUT2D eigenvalue weighted by Crippen LogP contribution is -2.20. The highest BCUT2D eigenvalue weighted by Gasteiger charge is 2.24. The van der Waals surface area contributed by atoms with Gasteiger partial charge in [-0.3, -0.25) is 0 Å². The summed E-state index contributed by atoms with van der Waals surface area (Å²) in [5.41, 5.74) is 6.56. The van der Waals surface area contributed by atoms with Gasteiger partial charge in [0, 0.05) is 17.5 Å². The number of fused-ring (bicyclic) bond motifs is 2. The van der Waals surface area contributed by atoms with Crippen molar-refractivity contribution < 1.29 is 18.3 Å². The smallest absolute Gasteiger partial charge is 0.320 e. The van der Waals surface area contributed by atoms with Gasteiger partial charge in [0.1, 0.15) is 28.5 Å². The van der Waals surface area contributed by atoms with Crippen LogP contribution in [0.1, 0.15) is 12.0 Å². The lowest BCUT2D eigenvalue weighted by molar-refractivity contribution is 0.213. The van der Waals surface area contributed by atoms with Crippen molar-refractivity contribution in [3.8, 4) is 29.1 Å². The van der Waals surface area contributed by atoms with Crippen molar-refractivity contribution in [3.63, 3.8) is 0 Å². The molecule has 10 heteroatoms. The van der Waals surface area contributed by atoms with Crippen LogP contribution in [0.2, 0.25) is 0 Å². The number of hydrogen-bond donors (Lipinski definition) is 2. The lowest BCUT2D eigenvalue weighted by atomic mass is 9.97. The van der Waals surface area contributed by atoms with E-state index in [4.69, 9.17) is 15.2 Å². The van der Waals surface area contributed by atoms with Crippen molar-refractivity contribution >= 4 is 37.3 Å². The molecule has 0 radical (unpaired) electrons. The highest BCUT2D eigenvalue weighted by atomic mass is 32.1. The fourth-order valence-corrected chi connectivity index (χ4v) is 4.86. The van der Waals surface area contributed by atoms with Crippen LogP contribution in [0.5, 0.6) is 11.9 Å². The van der Waals surface area contributed by atoms with E-state index in [1.807, 2.05) is 6.07 Å². The first-order chi connectivity index (χ1) is 15.5. The number of aromatic nitrogens is 2. The molecule has 1 saturated heterocycles. The normalized spacial score (nSPS) is 15.9. The van der Waals surface area contributed by atoms with Crippen LogP contribution >= 0.6 is 11.3 Å². The molecule has 2 aromatic heterocycles. The first-order valence-electron chi connectivity index (χ1n) is 9.84. The number of benzene rings is 2. The molecular weight excluding hydrogens is 436 g/mol. The van der Waals surface area contributed by atoms with Gasteiger partial charge >= 0.3 is 6.01 Å². The van der Waals surface area contributed by atoms with Gasteiger partial charge in [-0.15, -0.1) is 11.3 Å². The van der Waals surface area contributed by atoms with Crippen molar-refractivity contribution in [2.75, 3.05) is 25.9 Å². The first kappa shape index (κ1) is 20.4. The van der Waals surface area contributed by atoms with E-state index >= 15 is 4.39 Å². The molecular formula is C22H17F2N5O2S. The van der Waals surface area contributed by atoms with Gasteiger partial charge in [0.2, 0.25) is 5.88 Å². The topological polar surface area (TPSA) is 106 Å². The summed E-state index contributed by atoms with van der Waals surface area (Å²) in [7, 11) is 1.39. The largest absolute Gasteiger partial charge is 0.472 e. The molecule has 4 aromatic rings. The van der Waals surface area contributed by atoms with E-state index in [1.165, 1.54) is 19.2 Å². The van der Waals surface area contributed by atoms with Crippen LogP contribution < -0.4 is 20.5 Å². The van der Waals surface area contributed by atoms with Gasteiger partial charge < -0.3 is 20.5 Å². The zero-order valence-electron chi connectivity index (χ0n) is 16.9. The lowest BCUT2D eigenvalue weighted by Gasteiger charge is -2.15. The van der Waals surface area contributed by atoms with E-state index in [1.54, 1.807) is 12.1 Å². The van der Waals surface area contributed by atoms with Crippen molar-refractivity contribution in [2.24, 2.45) is 0 Å². The molecule has 5 rings (SSSR count). The minimum absolute atomic E-state index is 0.00879. The number of hydrogen-bond acceptors (Lipinski definition) is 8. The number of nitrogens with zero attached hydrogens (tertiary/aromatic N) is 3. The van der Waals surface area contributed by atoms with Crippen molar-refractivity contribution in [3.05, 3.63) is 41.5 Å². The van der Waals surface area contributed by atoms with E-state index in [9.17, 15) is 9.65 Å². The molecule has 162 valence electrons. The minimum Gasteiger partial charge on any atom is -0.472 e. The Hall–Kier alpha value is -3.55. The molecule has 0 spiro atoms. The number of nitriles is 1. The van der Waals surface area contributed by atoms with Gasteiger partial charge in [-0.1, -0.05) is 12.1 Å². The van der Waals surface area contributed by atoms with Crippen LogP contribution in [0.3, 0.4) is 0 Å². The Kier molecular flexibility index (Phi) is 5.00. The van der Waals surface area contributed by atoms with Gasteiger partial charge in [0.15, 0.2) is 5.82 Å². The van der Waals surface area contributed by atoms with Crippen LogP contribution in [0.15, 0.2) is 24.3 Å². The van der Waals surface area contributed by atoms with Crippen LogP contribution in [0, 0.1) is 23.0 Å². The van der Waals surface area contributed by atoms with E-state index in [0.29, 0.717) is 17.5 Å². The van der Waals surface area contributed by atoms with Crippen molar-refractivity contribution in [1.82, 2.24) is 15.3 Å². The van der Waals surface area contributed by atoms with Crippen molar-refractivity contribution in [1.29, 1.82) is 5.26 Å². The summed E-state index contributed by atoms with van der Waals surface area (Å²) in [4.78, 5) is 8.46. The molecule has 0 aliphatic carbocycles. The van der Waals surface area contributed by atoms with E-state index in [-0.39, 0.29) is 49.7 Å². The first-order valence-corrected chi connectivity index (χ1v) is 10.7. The van der Waals surface area contributed by atoms with E-state index in [0.717, 1.165) is 24.3 Å². The fourth-order valence-electron chi connectivity index (χ4n) is 3.91. The molecule has 0 saturated carbocycles. The predicted molar refractivity (Wildman–Crippen MR) is 118 cm³/mol.